The molecule has 2 aromatic carbocycles. The van der Waals surface area contributed by atoms with Crippen molar-refractivity contribution in [1.82, 2.24) is 0 Å². The Kier molecular flexibility index (Phi) is 4.99. The summed E-state index contributed by atoms with van der Waals surface area (Å²) in [5.41, 5.74) is 4.39. The summed E-state index contributed by atoms with van der Waals surface area (Å²) in [6.07, 6.45) is 2.28. The maximum Gasteiger partial charge on any atom is 0.309 e. The van der Waals surface area contributed by atoms with Crippen molar-refractivity contribution >= 4 is 5.97 Å². The number of carbonyl (C=O) groups excluding carboxylic acids is 1. The van der Waals surface area contributed by atoms with E-state index in [-0.39, 0.29) is 11.7 Å². The van der Waals surface area contributed by atoms with Crippen LogP contribution in [-0.2, 0) is 22.4 Å². The first-order valence-corrected chi connectivity index (χ1v) is 7.12. The first-order chi connectivity index (χ1) is 10.1. The molecule has 0 amide bonds. The fourth-order valence-corrected chi connectivity index (χ4v) is 2.39. The zero-order valence-corrected chi connectivity index (χ0v) is 12.4. The summed E-state index contributed by atoms with van der Waals surface area (Å²) >= 11 is 0. The van der Waals surface area contributed by atoms with Crippen LogP contribution in [0.4, 0.5) is 0 Å². The van der Waals surface area contributed by atoms with E-state index >= 15 is 0 Å². The molecule has 2 rings (SSSR count). The normalized spacial score (nSPS) is 10.4. The van der Waals surface area contributed by atoms with Crippen LogP contribution in [0.15, 0.2) is 42.5 Å². The van der Waals surface area contributed by atoms with Crippen molar-refractivity contribution in [3.8, 4) is 16.9 Å². The Bertz CT molecular complexity index is 615. The van der Waals surface area contributed by atoms with Gasteiger partial charge < -0.3 is 9.84 Å². The van der Waals surface area contributed by atoms with E-state index in [1.165, 1.54) is 12.7 Å². The number of rotatable bonds is 5. The molecule has 0 fully saturated rings. The molecule has 3 heteroatoms. The number of hydrogen-bond acceptors (Lipinski definition) is 3. The molecule has 0 spiro atoms. The maximum absolute atomic E-state index is 11.4. The lowest BCUT2D eigenvalue weighted by atomic mass is 9.94. The average Bonchev–Trinajstić information content (AvgIpc) is 2.49. The number of phenols is 1. The van der Waals surface area contributed by atoms with Crippen LogP contribution in [0, 0.1) is 0 Å². The summed E-state index contributed by atoms with van der Waals surface area (Å²) in [6, 6.07) is 13.3. The van der Waals surface area contributed by atoms with E-state index in [4.69, 9.17) is 4.74 Å². The Morgan fingerprint density at radius 1 is 1.14 bits per heavy atom. The molecule has 0 atom stereocenters. The molecule has 0 saturated carbocycles. The third-order valence-electron chi connectivity index (χ3n) is 3.44. The molecule has 21 heavy (non-hydrogen) atoms. The number of esters is 1. The molecule has 0 aliphatic carbocycles. The molecule has 0 aliphatic rings. The van der Waals surface area contributed by atoms with E-state index in [0.29, 0.717) is 6.42 Å². The van der Waals surface area contributed by atoms with E-state index < -0.39 is 0 Å². The number of methoxy groups -OCH3 is 1. The number of phenolic OH excluding ortho intramolecular Hbond substituents is 1. The van der Waals surface area contributed by atoms with E-state index in [1.807, 2.05) is 24.3 Å². The monoisotopic (exact) mass is 284 g/mol. The van der Waals surface area contributed by atoms with Crippen LogP contribution in [0.25, 0.3) is 11.1 Å². The van der Waals surface area contributed by atoms with Gasteiger partial charge in [-0.2, -0.15) is 0 Å². The smallest absolute Gasteiger partial charge is 0.309 e. The second kappa shape index (κ2) is 6.93. The summed E-state index contributed by atoms with van der Waals surface area (Å²) in [6.45, 7) is 2.13. The van der Waals surface area contributed by atoms with Gasteiger partial charge in [0.2, 0.25) is 0 Å². The molecular weight excluding hydrogens is 264 g/mol. The zero-order chi connectivity index (χ0) is 15.2. The standard InChI is InChI=1S/C18H20O3/c1-3-4-15-11-13(12-18(20)21-2)5-10-17(15)14-6-8-16(19)9-7-14/h5-11,19H,3-4,12H2,1-2H3. The van der Waals surface area contributed by atoms with Gasteiger partial charge in [0.25, 0.3) is 0 Å². The largest absolute Gasteiger partial charge is 0.508 e. The summed E-state index contributed by atoms with van der Waals surface area (Å²) in [5, 5.41) is 9.40. The fraction of sp³-hybridized carbons (Fsp3) is 0.278. The van der Waals surface area contributed by atoms with Crippen LogP contribution < -0.4 is 0 Å². The lowest BCUT2D eigenvalue weighted by Gasteiger charge is -2.11. The molecule has 0 bridgehead atoms. The number of aryl methyl sites for hydroxylation is 1. The van der Waals surface area contributed by atoms with Crippen molar-refractivity contribution in [2.45, 2.75) is 26.2 Å². The van der Waals surface area contributed by atoms with Gasteiger partial charge in [-0.1, -0.05) is 43.7 Å². The molecule has 1 N–H and O–H groups in total. The Labute approximate surface area is 125 Å². The number of ether oxygens (including phenoxy) is 1. The first kappa shape index (κ1) is 15.1. The molecule has 3 nitrogen and oxygen atoms in total. The van der Waals surface area contributed by atoms with Gasteiger partial charge in [-0.3, -0.25) is 4.79 Å². The van der Waals surface area contributed by atoms with Crippen molar-refractivity contribution in [2.75, 3.05) is 7.11 Å². The van der Waals surface area contributed by atoms with Crippen molar-refractivity contribution < 1.29 is 14.6 Å². The number of benzene rings is 2. The number of carbonyl (C=O) groups is 1. The van der Waals surface area contributed by atoms with Gasteiger partial charge in [0.05, 0.1) is 13.5 Å². The van der Waals surface area contributed by atoms with Gasteiger partial charge in [0.1, 0.15) is 5.75 Å². The Balaban J connectivity index is 2.36. The predicted molar refractivity (Wildman–Crippen MR) is 83.3 cm³/mol. The molecular formula is C18H20O3. The Morgan fingerprint density at radius 3 is 2.48 bits per heavy atom. The zero-order valence-electron chi connectivity index (χ0n) is 12.4. The SMILES string of the molecule is CCCc1cc(CC(=O)OC)ccc1-c1ccc(O)cc1. The van der Waals surface area contributed by atoms with Gasteiger partial charge in [-0.25, -0.2) is 0 Å². The second-order valence-corrected chi connectivity index (χ2v) is 5.04. The van der Waals surface area contributed by atoms with Gasteiger partial charge >= 0.3 is 5.97 Å². The van der Waals surface area contributed by atoms with Crippen molar-refractivity contribution in [2.24, 2.45) is 0 Å². The minimum atomic E-state index is -0.227. The molecule has 0 aliphatic heterocycles. The van der Waals surface area contributed by atoms with E-state index in [9.17, 15) is 9.90 Å². The topological polar surface area (TPSA) is 46.5 Å². The highest BCUT2D eigenvalue weighted by molar-refractivity contribution is 5.74. The van der Waals surface area contributed by atoms with Crippen LogP contribution in [0.1, 0.15) is 24.5 Å². The Morgan fingerprint density at radius 2 is 1.86 bits per heavy atom. The van der Waals surface area contributed by atoms with Crippen molar-refractivity contribution in [3.05, 3.63) is 53.6 Å². The molecule has 0 heterocycles. The summed E-state index contributed by atoms with van der Waals surface area (Å²) in [4.78, 5) is 11.4. The van der Waals surface area contributed by atoms with E-state index in [2.05, 4.69) is 13.0 Å². The molecule has 0 aromatic heterocycles. The highest BCUT2D eigenvalue weighted by atomic mass is 16.5. The van der Waals surface area contributed by atoms with Crippen LogP contribution in [-0.4, -0.2) is 18.2 Å². The van der Waals surface area contributed by atoms with Crippen molar-refractivity contribution in [1.29, 1.82) is 0 Å². The minimum absolute atomic E-state index is 0.227. The van der Waals surface area contributed by atoms with Crippen LogP contribution in [0.3, 0.4) is 0 Å². The lowest BCUT2D eigenvalue weighted by Crippen LogP contribution is -2.05. The molecule has 0 saturated heterocycles. The molecule has 0 unspecified atom stereocenters. The number of aromatic hydroxyl groups is 1. The van der Waals surface area contributed by atoms with Crippen molar-refractivity contribution in [3.63, 3.8) is 0 Å². The highest BCUT2D eigenvalue weighted by Gasteiger charge is 2.09. The third kappa shape index (κ3) is 3.85. The highest BCUT2D eigenvalue weighted by Crippen LogP contribution is 2.27. The van der Waals surface area contributed by atoms with Crippen LogP contribution in [0.2, 0.25) is 0 Å². The predicted octanol–water partition coefficient (Wildman–Crippen LogP) is 3.73. The maximum atomic E-state index is 11.4. The third-order valence-corrected chi connectivity index (χ3v) is 3.44. The minimum Gasteiger partial charge on any atom is -0.508 e. The van der Waals surface area contributed by atoms with Gasteiger partial charge in [0.15, 0.2) is 0 Å². The van der Waals surface area contributed by atoms with E-state index in [0.717, 1.165) is 29.5 Å². The summed E-state index contributed by atoms with van der Waals surface area (Å²) in [5.74, 6) is 0.0351. The van der Waals surface area contributed by atoms with Gasteiger partial charge in [0, 0.05) is 0 Å². The molecule has 110 valence electrons. The Hall–Kier alpha value is -2.29. The van der Waals surface area contributed by atoms with E-state index in [1.54, 1.807) is 12.1 Å². The van der Waals surface area contributed by atoms with Crippen LogP contribution in [0.5, 0.6) is 5.75 Å². The fourth-order valence-electron chi connectivity index (χ4n) is 2.39. The van der Waals surface area contributed by atoms with Gasteiger partial charge in [-0.05, 0) is 40.8 Å². The lowest BCUT2D eigenvalue weighted by molar-refractivity contribution is -0.139. The number of hydrogen-bond donors (Lipinski definition) is 1. The second-order valence-electron chi connectivity index (χ2n) is 5.04. The summed E-state index contributed by atoms with van der Waals surface area (Å²) in [7, 11) is 1.40. The molecule has 2 aromatic rings. The van der Waals surface area contributed by atoms with Crippen LogP contribution >= 0.6 is 0 Å². The first-order valence-electron chi connectivity index (χ1n) is 7.12. The average molecular weight is 284 g/mol. The quantitative estimate of drug-likeness (QED) is 0.851. The van der Waals surface area contributed by atoms with Gasteiger partial charge in [-0.15, -0.1) is 0 Å². The summed E-state index contributed by atoms with van der Waals surface area (Å²) < 4.78 is 4.72. The molecule has 0 radical (unpaired) electrons.